The van der Waals surface area contributed by atoms with Gasteiger partial charge in [0.05, 0.1) is 29.1 Å². The molecule has 0 amide bonds. The van der Waals surface area contributed by atoms with E-state index in [1.165, 1.54) is 17.4 Å². The van der Waals surface area contributed by atoms with Crippen LogP contribution < -0.4 is 0 Å². The number of hydrogen-bond acceptors (Lipinski definition) is 7. The van der Waals surface area contributed by atoms with Crippen LogP contribution in [0.15, 0.2) is 42.6 Å². The molecule has 0 spiro atoms. The molecule has 0 radical (unpaired) electrons. The van der Waals surface area contributed by atoms with E-state index in [2.05, 4.69) is 20.4 Å². The third-order valence-corrected chi connectivity index (χ3v) is 6.08. The second-order valence-electron chi connectivity index (χ2n) is 6.83. The van der Waals surface area contributed by atoms with Crippen molar-refractivity contribution in [3.63, 3.8) is 0 Å². The highest BCUT2D eigenvalue weighted by Crippen LogP contribution is 2.25. The summed E-state index contributed by atoms with van der Waals surface area (Å²) in [6.07, 6.45) is 2.47. The Morgan fingerprint density at radius 1 is 1.23 bits per heavy atom. The molecule has 0 N–H and O–H groups in total. The predicted octanol–water partition coefficient (Wildman–Crippen LogP) is 4.05. The van der Waals surface area contributed by atoms with Crippen LogP contribution in [0.1, 0.15) is 39.9 Å². The van der Waals surface area contributed by atoms with E-state index in [1.54, 1.807) is 11.6 Å². The molecule has 1 aromatic carbocycles. The second kappa shape index (κ2) is 8.33. The van der Waals surface area contributed by atoms with E-state index in [0.717, 1.165) is 21.3 Å². The van der Waals surface area contributed by atoms with Crippen LogP contribution in [0.5, 0.6) is 0 Å². The van der Waals surface area contributed by atoms with E-state index in [9.17, 15) is 10.1 Å². The summed E-state index contributed by atoms with van der Waals surface area (Å²) in [5.41, 5.74) is 2.58. The molecule has 9 nitrogen and oxygen atoms in total. The first-order chi connectivity index (χ1) is 14.4. The maximum atomic E-state index is 11.0. The van der Waals surface area contributed by atoms with Crippen molar-refractivity contribution in [1.29, 1.82) is 0 Å². The van der Waals surface area contributed by atoms with Crippen molar-refractivity contribution < 1.29 is 4.92 Å². The van der Waals surface area contributed by atoms with Gasteiger partial charge < -0.3 is 10.1 Å². The SMILES string of the molecule is Cc1cc([N+](=O)[O-])nn1C(C)c1nnc(Cc2ccn(Cc3ccccc3Cl)n2)s1. The molecule has 0 fully saturated rings. The lowest BCUT2D eigenvalue weighted by atomic mass is 10.2. The van der Waals surface area contributed by atoms with Gasteiger partial charge in [0, 0.05) is 17.6 Å². The van der Waals surface area contributed by atoms with Crippen LogP contribution in [-0.2, 0) is 13.0 Å². The Labute approximate surface area is 181 Å². The second-order valence-corrected chi connectivity index (χ2v) is 8.33. The Morgan fingerprint density at radius 2 is 2.03 bits per heavy atom. The van der Waals surface area contributed by atoms with E-state index in [0.29, 0.717) is 23.7 Å². The molecular formula is C19H18ClN7O2S. The van der Waals surface area contributed by atoms with E-state index >= 15 is 0 Å². The van der Waals surface area contributed by atoms with Gasteiger partial charge in [0.25, 0.3) is 0 Å². The minimum absolute atomic E-state index is 0.173. The Bertz CT molecular complexity index is 1200. The molecule has 0 saturated heterocycles. The molecule has 30 heavy (non-hydrogen) atoms. The van der Waals surface area contributed by atoms with Gasteiger partial charge >= 0.3 is 5.82 Å². The molecule has 4 rings (SSSR count). The smallest absolute Gasteiger partial charge is 0.358 e. The zero-order valence-corrected chi connectivity index (χ0v) is 17.8. The fourth-order valence-electron chi connectivity index (χ4n) is 3.11. The average Bonchev–Trinajstić information content (AvgIpc) is 3.44. The van der Waals surface area contributed by atoms with Crippen molar-refractivity contribution in [3.05, 3.63) is 84.7 Å². The summed E-state index contributed by atoms with van der Waals surface area (Å²) in [7, 11) is 0. The lowest BCUT2D eigenvalue weighted by molar-refractivity contribution is -0.389. The third-order valence-electron chi connectivity index (χ3n) is 4.62. The van der Waals surface area contributed by atoms with Gasteiger partial charge in [-0.25, -0.2) is 0 Å². The minimum Gasteiger partial charge on any atom is -0.358 e. The van der Waals surface area contributed by atoms with Crippen molar-refractivity contribution >= 4 is 28.8 Å². The van der Waals surface area contributed by atoms with E-state index in [-0.39, 0.29) is 11.9 Å². The summed E-state index contributed by atoms with van der Waals surface area (Å²) >= 11 is 7.67. The van der Waals surface area contributed by atoms with Crippen LogP contribution in [0.2, 0.25) is 5.02 Å². The maximum Gasteiger partial charge on any atom is 0.390 e. The molecular weight excluding hydrogens is 426 g/mol. The third kappa shape index (κ3) is 4.24. The molecule has 3 heterocycles. The van der Waals surface area contributed by atoms with Gasteiger partial charge in [0.15, 0.2) is 0 Å². The largest absolute Gasteiger partial charge is 0.390 e. The molecule has 3 aromatic heterocycles. The molecule has 4 aromatic rings. The maximum absolute atomic E-state index is 11.0. The molecule has 11 heteroatoms. The highest BCUT2D eigenvalue weighted by molar-refractivity contribution is 7.11. The van der Waals surface area contributed by atoms with Gasteiger partial charge in [-0.2, -0.15) is 9.78 Å². The number of aryl methyl sites for hydroxylation is 1. The van der Waals surface area contributed by atoms with E-state index in [4.69, 9.17) is 11.6 Å². The fourth-order valence-corrected chi connectivity index (χ4v) is 4.20. The number of nitro groups is 1. The molecule has 0 aliphatic carbocycles. The molecule has 0 aliphatic heterocycles. The molecule has 0 saturated carbocycles. The quantitative estimate of drug-likeness (QED) is 0.315. The van der Waals surface area contributed by atoms with Crippen LogP contribution >= 0.6 is 22.9 Å². The standard InChI is InChI=1S/C19H18ClN7O2S/c1-12-9-17(27(28)29)24-26(12)13(2)19-22-21-18(30-19)10-15-7-8-25(23-15)11-14-5-3-4-6-16(14)20/h3-9,13H,10-11H2,1-2H3. The lowest BCUT2D eigenvalue weighted by Gasteiger charge is -2.05. The first-order valence-corrected chi connectivity index (χ1v) is 10.4. The number of aromatic nitrogens is 6. The molecule has 0 bridgehead atoms. The van der Waals surface area contributed by atoms with Gasteiger partial charge in [-0.3, -0.25) is 4.68 Å². The van der Waals surface area contributed by atoms with Crippen molar-refractivity contribution in [2.45, 2.75) is 32.9 Å². The summed E-state index contributed by atoms with van der Waals surface area (Å²) in [6.45, 7) is 4.27. The van der Waals surface area contributed by atoms with E-state index < -0.39 is 4.92 Å². The highest BCUT2D eigenvalue weighted by atomic mass is 35.5. The summed E-state index contributed by atoms with van der Waals surface area (Å²) < 4.78 is 3.44. The monoisotopic (exact) mass is 443 g/mol. The van der Waals surface area contributed by atoms with Crippen LogP contribution in [-0.4, -0.2) is 34.7 Å². The number of rotatable bonds is 7. The molecule has 154 valence electrons. The minimum atomic E-state index is -0.499. The van der Waals surface area contributed by atoms with Gasteiger partial charge in [0.1, 0.15) is 16.1 Å². The van der Waals surface area contributed by atoms with E-state index in [1.807, 2.05) is 48.1 Å². The van der Waals surface area contributed by atoms with Crippen molar-refractivity contribution in [3.8, 4) is 0 Å². The Kier molecular flexibility index (Phi) is 5.60. The normalized spacial score (nSPS) is 12.2. The molecule has 1 atom stereocenters. The Hall–Kier alpha value is -3.11. The van der Waals surface area contributed by atoms with Crippen molar-refractivity contribution in [2.24, 2.45) is 0 Å². The lowest BCUT2D eigenvalue weighted by Crippen LogP contribution is -2.10. The van der Waals surface area contributed by atoms with Gasteiger partial charge in [-0.15, -0.1) is 10.2 Å². The fraction of sp³-hybridized carbons (Fsp3) is 0.263. The van der Waals surface area contributed by atoms with Crippen molar-refractivity contribution in [2.75, 3.05) is 0 Å². The van der Waals surface area contributed by atoms with Crippen molar-refractivity contribution in [1.82, 2.24) is 29.8 Å². The number of halogens is 1. The highest BCUT2D eigenvalue weighted by Gasteiger charge is 2.23. The average molecular weight is 444 g/mol. The number of nitrogens with zero attached hydrogens (tertiary/aromatic N) is 7. The van der Waals surface area contributed by atoms with Gasteiger partial charge in [-0.05, 0) is 36.5 Å². The molecule has 0 aliphatic rings. The predicted molar refractivity (Wildman–Crippen MR) is 113 cm³/mol. The summed E-state index contributed by atoms with van der Waals surface area (Å²) in [6, 6.07) is 10.8. The van der Waals surface area contributed by atoms with Gasteiger partial charge in [-0.1, -0.05) is 41.1 Å². The molecule has 1 unspecified atom stereocenters. The van der Waals surface area contributed by atoms with Crippen LogP contribution in [0.25, 0.3) is 0 Å². The first kappa shape index (κ1) is 20.2. The number of hydrogen-bond donors (Lipinski definition) is 0. The van der Waals surface area contributed by atoms with Crippen LogP contribution in [0.3, 0.4) is 0 Å². The Morgan fingerprint density at radius 3 is 2.77 bits per heavy atom. The topological polar surface area (TPSA) is 105 Å². The Balaban J connectivity index is 1.46. The number of benzene rings is 1. The summed E-state index contributed by atoms with van der Waals surface area (Å²) in [5.74, 6) is -0.173. The zero-order chi connectivity index (χ0) is 21.3. The summed E-state index contributed by atoms with van der Waals surface area (Å²) in [4.78, 5) is 10.5. The van der Waals surface area contributed by atoms with Crippen LogP contribution in [0, 0.1) is 17.0 Å². The van der Waals surface area contributed by atoms with Crippen LogP contribution in [0.4, 0.5) is 5.82 Å². The summed E-state index contributed by atoms with van der Waals surface area (Å²) in [5, 5.41) is 30.4. The van der Waals surface area contributed by atoms with Gasteiger partial charge in [0.2, 0.25) is 0 Å². The first-order valence-electron chi connectivity index (χ1n) is 9.19. The zero-order valence-electron chi connectivity index (χ0n) is 16.3.